The van der Waals surface area contributed by atoms with Gasteiger partial charge in [-0.25, -0.2) is 9.97 Å². The van der Waals surface area contributed by atoms with Gasteiger partial charge in [0.15, 0.2) is 0 Å². The zero-order chi connectivity index (χ0) is 40.7. The lowest BCUT2D eigenvalue weighted by atomic mass is 9.90. The van der Waals surface area contributed by atoms with E-state index in [2.05, 4.69) is 228 Å². The van der Waals surface area contributed by atoms with Crippen LogP contribution in [0.5, 0.6) is 0 Å². The zero-order valence-electron chi connectivity index (χ0n) is 33.6. The molecule has 10 aromatic carbocycles. The molecule has 0 aliphatic rings. The lowest BCUT2D eigenvalue weighted by Gasteiger charge is -2.16. The molecule has 0 amide bonds. The van der Waals surface area contributed by atoms with Crippen LogP contribution in [0.4, 0.5) is 0 Å². The molecule has 3 heterocycles. The first-order valence-electron chi connectivity index (χ1n) is 21.2. The van der Waals surface area contributed by atoms with Gasteiger partial charge in [0, 0.05) is 43.6 Å². The van der Waals surface area contributed by atoms with Crippen molar-refractivity contribution < 1.29 is 0 Å². The highest BCUT2D eigenvalue weighted by Gasteiger charge is 2.23. The van der Waals surface area contributed by atoms with E-state index in [9.17, 15) is 0 Å². The molecule has 0 saturated heterocycles. The molecule has 0 aliphatic heterocycles. The van der Waals surface area contributed by atoms with Crippen LogP contribution in [-0.2, 0) is 0 Å². The fraction of sp³-hybridized carbons (Fsp3) is 0. The Morgan fingerprint density at radius 2 is 0.823 bits per heavy atom. The first-order valence-corrected chi connectivity index (χ1v) is 21.2. The van der Waals surface area contributed by atoms with Gasteiger partial charge in [-0.2, -0.15) is 0 Å². The highest BCUT2D eigenvalue weighted by atomic mass is 15.2. The van der Waals surface area contributed by atoms with Crippen LogP contribution in [0.15, 0.2) is 218 Å². The summed E-state index contributed by atoms with van der Waals surface area (Å²) in [6, 6.07) is 78.5. The number of nitrogens with zero attached hydrogens (tertiary/aromatic N) is 4. The molecule has 4 nitrogen and oxygen atoms in total. The number of hydrogen-bond donors (Lipinski definition) is 0. The third-order valence-electron chi connectivity index (χ3n) is 12.7. The van der Waals surface area contributed by atoms with Crippen molar-refractivity contribution in [1.82, 2.24) is 19.1 Å². The van der Waals surface area contributed by atoms with Gasteiger partial charge in [-0.05, 0) is 80.9 Å². The van der Waals surface area contributed by atoms with E-state index < -0.39 is 0 Å². The summed E-state index contributed by atoms with van der Waals surface area (Å²) >= 11 is 0. The number of rotatable bonds is 5. The Morgan fingerprint density at radius 1 is 0.306 bits per heavy atom. The first kappa shape index (κ1) is 34.5. The van der Waals surface area contributed by atoms with Gasteiger partial charge in [-0.15, -0.1) is 0 Å². The van der Waals surface area contributed by atoms with Gasteiger partial charge in [-0.1, -0.05) is 176 Å². The summed E-state index contributed by atoms with van der Waals surface area (Å²) in [6.07, 6.45) is 0. The molecule has 4 heteroatoms. The van der Waals surface area contributed by atoms with Gasteiger partial charge in [0.2, 0.25) is 5.95 Å². The first-order chi connectivity index (χ1) is 30.8. The molecule has 0 atom stereocenters. The molecule has 0 spiro atoms. The summed E-state index contributed by atoms with van der Waals surface area (Å²) in [4.78, 5) is 10.8. The van der Waals surface area contributed by atoms with Gasteiger partial charge < -0.3 is 4.57 Å². The predicted molar refractivity (Wildman–Crippen MR) is 260 cm³/mol. The van der Waals surface area contributed by atoms with E-state index in [1.165, 1.54) is 60.2 Å². The monoisotopic (exact) mass is 788 g/mol. The minimum atomic E-state index is 0.647. The Bertz CT molecular complexity index is 3900. The highest BCUT2D eigenvalue weighted by Crippen LogP contribution is 2.46. The maximum atomic E-state index is 5.49. The van der Waals surface area contributed by atoms with Crippen molar-refractivity contribution in [3.05, 3.63) is 218 Å². The predicted octanol–water partition coefficient (Wildman–Crippen LogP) is 15.1. The summed E-state index contributed by atoms with van der Waals surface area (Å²) in [5, 5.41) is 10.6. The van der Waals surface area contributed by atoms with E-state index >= 15 is 0 Å². The molecule has 62 heavy (non-hydrogen) atoms. The molecule has 0 aliphatic carbocycles. The van der Waals surface area contributed by atoms with E-state index in [0.29, 0.717) is 5.95 Å². The maximum Gasteiger partial charge on any atom is 0.235 e. The van der Waals surface area contributed by atoms with Gasteiger partial charge in [0.05, 0.1) is 33.3 Å². The lowest BCUT2D eigenvalue weighted by Crippen LogP contribution is -2.04. The van der Waals surface area contributed by atoms with Crippen LogP contribution in [0.2, 0.25) is 0 Å². The summed E-state index contributed by atoms with van der Waals surface area (Å²) < 4.78 is 4.72. The van der Waals surface area contributed by atoms with E-state index in [1.807, 2.05) is 0 Å². The van der Waals surface area contributed by atoms with Crippen LogP contribution in [0.1, 0.15) is 0 Å². The van der Waals surface area contributed by atoms with Crippen LogP contribution in [0, 0.1) is 0 Å². The summed E-state index contributed by atoms with van der Waals surface area (Å²) in [6.45, 7) is 0. The van der Waals surface area contributed by atoms with Gasteiger partial charge >= 0.3 is 0 Å². The SMILES string of the molecule is c1ccc(-c2ccc(-c3nc(-n4c5ccccc5c5cc(-c6cc7c(c8ccccc68)c6ccccc6n7-c6ccccc6)c6ccccc6c54)nc4ccccc34)cc2)cc1. The third-order valence-corrected chi connectivity index (χ3v) is 12.7. The van der Waals surface area contributed by atoms with Gasteiger partial charge in [0.25, 0.3) is 0 Å². The third kappa shape index (κ3) is 5.14. The van der Waals surface area contributed by atoms with Crippen molar-refractivity contribution in [1.29, 1.82) is 0 Å². The standard InChI is InChI=1S/C58H36N4/c1-3-17-37(18-4-1)38-31-33-39(34-32-38)56-46-26-11-14-28-51(46)59-58(60-56)62-52-29-15-12-23-43(52)50-35-48(42-22-8-10-25-45(42)57(50)62)49-36-54-55(44-24-9-7-21-41(44)49)47-27-13-16-30-53(47)61(54)40-19-5-2-6-20-40/h1-36H. The molecule has 3 aromatic heterocycles. The molecule has 0 N–H and O–H groups in total. The Balaban J connectivity index is 1.10. The number of hydrogen-bond acceptors (Lipinski definition) is 2. The highest BCUT2D eigenvalue weighted by molar-refractivity contribution is 6.27. The van der Waals surface area contributed by atoms with Crippen molar-refractivity contribution in [2.24, 2.45) is 0 Å². The zero-order valence-corrected chi connectivity index (χ0v) is 33.6. The van der Waals surface area contributed by atoms with Crippen molar-refractivity contribution >= 4 is 76.1 Å². The Hall–Kier alpha value is -8.34. The second kappa shape index (κ2) is 13.6. The number of fused-ring (bicyclic) bond motifs is 11. The molecule has 13 rings (SSSR count). The average Bonchev–Trinajstić information content (AvgIpc) is 3.87. The second-order valence-corrected chi connectivity index (χ2v) is 16.1. The number of benzene rings is 10. The van der Waals surface area contributed by atoms with Crippen molar-refractivity contribution in [3.63, 3.8) is 0 Å². The van der Waals surface area contributed by atoms with E-state index in [0.717, 1.165) is 55.0 Å². The summed E-state index contributed by atoms with van der Waals surface area (Å²) in [5.74, 6) is 0.647. The smallest absolute Gasteiger partial charge is 0.235 e. The molecular weight excluding hydrogens is 753 g/mol. The van der Waals surface area contributed by atoms with Crippen LogP contribution in [0.25, 0.3) is 121 Å². The Kier molecular flexibility index (Phi) is 7.57. The summed E-state index contributed by atoms with van der Waals surface area (Å²) in [7, 11) is 0. The largest absolute Gasteiger partial charge is 0.309 e. The van der Waals surface area contributed by atoms with Crippen LogP contribution in [-0.4, -0.2) is 19.1 Å². The number of para-hydroxylation sites is 4. The van der Waals surface area contributed by atoms with Gasteiger partial charge in [0.1, 0.15) is 0 Å². The van der Waals surface area contributed by atoms with Gasteiger partial charge in [-0.3, -0.25) is 4.57 Å². The minimum Gasteiger partial charge on any atom is -0.309 e. The van der Waals surface area contributed by atoms with Crippen LogP contribution >= 0.6 is 0 Å². The van der Waals surface area contributed by atoms with E-state index in [1.54, 1.807) is 0 Å². The van der Waals surface area contributed by atoms with Crippen molar-refractivity contribution in [2.75, 3.05) is 0 Å². The van der Waals surface area contributed by atoms with E-state index in [-0.39, 0.29) is 0 Å². The fourth-order valence-corrected chi connectivity index (χ4v) is 10.00. The Labute approximate surface area is 357 Å². The molecule has 0 bridgehead atoms. The maximum absolute atomic E-state index is 5.49. The molecule has 0 unspecified atom stereocenters. The topological polar surface area (TPSA) is 35.6 Å². The molecular formula is C58H36N4. The van der Waals surface area contributed by atoms with Crippen LogP contribution < -0.4 is 0 Å². The second-order valence-electron chi connectivity index (χ2n) is 16.1. The normalized spacial score (nSPS) is 11.9. The summed E-state index contributed by atoms with van der Waals surface area (Å²) in [5.41, 5.74) is 13.3. The number of aromatic nitrogens is 4. The quantitative estimate of drug-likeness (QED) is 0.174. The average molecular weight is 789 g/mol. The molecule has 0 radical (unpaired) electrons. The minimum absolute atomic E-state index is 0.647. The molecule has 288 valence electrons. The van der Waals surface area contributed by atoms with E-state index in [4.69, 9.17) is 9.97 Å². The van der Waals surface area contributed by atoms with Crippen molar-refractivity contribution in [2.45, 2.75) is 0 Å². The lowest BCUT2D eigenvalue weighted by molar-refractivity contribution is 1.02. The molecule has 13 aromatic rings. The molecule has 0 saturated carbocycles. The van der Waals surface area contributed by atoms with Crippen molar-refractivity contribution in [3.8, 4) is 45.1 Å². The fourth-order valence-electron chi connectivity index (χ4n) is 10.00. The Morgan fingerprint density at radius 3 is 1.56 bits per heavy atom. The van der Waals surface area contributed by atoms with Crippen LogP contribution in [0.3, 0.4) is 0 Å². The molecule has 0 fully saturated rings.